The molecule has 0 unspecified atom stereocenters. The average molecular weight is 757 g/mol. The van der Waals surface area contributed by atoms with Gasteiger partial charge in [0.05, 0.1) is 5.39 Å². The molecule has 4 heteroatoms. The predicted octanol–water partition coefficient (Wildman–Crippen LogP) is 15.5. The van der Waals surface area contributed by atoms with E-state index in [4.69, 9.17) is 13.8 Å². The van der Waals surface area contributed by atoms with E-state index in [1.807, 2.05) is 60.7 Å². The molecule has 0 amide bonds. The van der Waals surface area contributed by atoms with Crippen molar-refractivity contribution < 1.29 is 8.83 Å². The van der Waals surface area contributed by atoms with E-state index in [1.165, 1.54) is 22.3 Å². The first-order chi connectivity index (χ1) is 29.2. The zero-order valence-corrected chi connectivity index (χ0v) is 32.0. The van der Waals surface area contributed by atoms with E-state index >= 15 is 0 Å². The van der Waals surface area contributed by atoms with Crippen LogP contribution in [0.1, 0.15) is 0 Å². The van der Waals surface area contributed by atoms with Crippen molar-refractivity contribution in [3.05, 3.63) is 218 Å². The van der Waals surface area contributed by atoms with E-state index in [9.17, 15) is 0 Å². The van der Waals surface area contributed by atoms with E-state index < -0.39 is 0 Å². The van der Waals surface area contributed by atoms with Crippen LogP contribution in [-0.2, 0) is 0 Å². The summed E-state index contributed by atoms with van der Waals surface area (Å²) in [5.74, 6) is 0.556. The molecule has 11 rings (SSSR count). The van der Waals surface area contributed by atoms with Crippen molar-refractivity contribution in [2.75, 3.05) is 4.90 Å². The molecule has 0 aliphatic rings. The summed E-state index contributed by atoms with van der Waals surface area (Å²) in [6.45, 7) is 0. The van der Waals surface area contributed by atoms with Gasteiger partial charge in [0.2, 0.25) is 5.89 Å². The largest absolute Gasteiger partial charge is 0.456 e. The van der Waals surface area contributed by atoms with Gasteiger partial charge in [-0.2, -0.15) is 0 Å². The highest BCUT2D eigenvalue weighted by atomic mass is 16.4. The van der Waals surface area contributed by atoms with Gasteiger partial charge in [0.15, 0.2) is 5.58 Å². The summed E-state index contributed by atoms with van der Waals surface area (Å²) in [4.78, 5) is 7.36. The van der Waals surface area contributed by atoms with Crippen LogP contribution in [-0.4, -0.2) is 4.98 Å². The second kappa shape index (κ2) is 14.5. The van der Waals surface area contributed by atoms with Gasteiger partial charge < -0.3 is 13.7 Å². The van der Waals surface area contributed by atoms with Crippen molar-refractivity contribution in [1.82, 2.24) is 4.98 Å². The van der Waals surface area contributed by atoms with Crippen molar-refractivity contribution in [3.8, 4) is 56.0 Å². The first-order valence-corrected chi connectivity index (χ1v) is 19.9. The average Bonchev–Trinajstić information content (AvgIpc) is 3.92. The Morgan fingerprint density at radius 2 is 0.814 bits per heavy atom. The van der Waals surface area contributed by atoms with Gasteiger partial charge in [-0.1, -0.05) is 170 Å². The minimum absolute atomic E-state index is 0.556. The second-order valence-electron chi connectivity index (χ2n) is 14.7. The summed E-state index contributed by atoms with van der Waals surface area (Å²) in [6, 6.07) is 76.4. The van der Waals surface area contributed by atoms with Crippen LogP contribution in [0.3, 0.4) is 0 Å². The molecule has 0 radical (unpaired) electrons. The fraction of sp³-hybridized carbons (Fsp3) is 0. The van der Waals surface area contributed by atoms with Crippen LogP contribution in [0.25, 0.3) is 89.0 Å². The molecule has 0 saturated carbocycles. The third-order valence-corrected chi connectivity index (χ3v) is 11.1. The predicted molar refractivity (Wildman–Crippen MR) is 243 cm³/mol. The Balaban J connectivity index is 1.09. The SMILES string of the molecule is c1ccc(-c2ccc(-c3ccc(N(c4cccc(-c5ccc(-c6ccccc6)cc5)c4)c4c5oc(-c6ccccc6)nc5cc5oc6ccccc6c45)cc3)cc2)cc1. The lowest BCUT2D eigenvalue weighted by Crippen LogP contribution is -2.11. The molecule has 0 spiro atoms. The standard InChI is InChI=1S/C55H36N2O2/c1-4-13-37(14-5-1)39-23-25-41(26-24-39)42-31-33-46(34-32-42)57(47-20-12-19-45(35-47)43-29-27-40(28-30-43)38-15-6-2-7-16-38)53-52-48-21-10-11-22-50(48)58-51(52)36-49-54(53)59-55(56-49)44-17-8-3-9-18-44/h1-36H. The summed E-state index contributed by atoms with van der Waals surface area (Å²) < 4.78 is 13.4. The van der Waals surface area contributed by atoms with Crippen LogP contribution in [0, 0.1) is 0 Å². The normalized spacial score (nSPS) is 11.4. The van der Waals surface area contributed by atoms with Gasteiger partial charge in [0.25, 0.3) is 0 Å². The van der Waals surface area contributed by atoms with Crippen molar-refractivity contribution in [3.63, 3.8) is 0 Å². The Kier molecular flexibility index (Phi) is 8.45. The number of furan rings is 1. The number of oxazole rings is 1. The van der Waals surface area contributed by atoms with Crippen LogP contribution >= 0.6 is 0 Å². The molecule has 11 aromatic rings. The van der Waals surface area contributed by atoms with Gasteiger partial charge in [-0.25, -0.2) is 4.98 Å². The highest BCUT2D eigenvalue weighted by Gasteiger charge is 2.26. The third-order valence-electron chi connectivity index (χ3n) is 11.1. The highest BCUT2D eigenvalue weighted by molar-refractivity contribution is 6.20. The molecule has 0 bridgehead atoms. The number of nitrogens with zero attached hydrogens (tertiary/aromatic N) is 2. The van der Waals surface area contributed by atoms with E-state index in [0.717, 1.165) is 72.3 Å². The Labute approximate surface area is 341 Å². The Hall–Kier alpha value is -7.95. The highest BCUT2D eigenvalue weighted by Crippen LogP contribution is 2.48. The van der Waals surface area contributed by atoms with Crippen LogP contribution in [0.15, 0.2) is 227 Å². The number of benzene rings is 9. The lowest BCUT2D eigenvalue weighted by Gasteiger charge is -2.27. The van der Waals surface area contributed by atoms with Gasteiger partial charge in [-0.15, -0.1) is 0 Å². The topological polar surface area (TPSA) is 42.4 Å². The maximum atomic E-state index is 6.85. The van der Waals surface area contributed by atoms with Gasteiger partial charge in [0.1, 0.15) is 22.4 Å². The number of para-hydroxylation sites is 1. The number of rotatable bonds is 8. The second-order valence-corrected chi connectivity index (χ2v) is 14.7. The zero-order valence-electron chi connectivity index (χ0n) is 32.0. The number of fused-ring (bicyclic) bond motifs is 4. The number of anilines is 3. The molecule has 0 N–H and O–H groups in total. The molecule has 0 saturated heterocycles. The van der Waals surface area contributed by atoms with Crippen LogP contribution < -0.4 is 4.90 Å². The molecule has 0 aliphatic heterocycles. The van der Waals surface area contributed by atoms with Gasteiger partial charge in [0, 0.05) is 28.4 Å². The van der Waals surface area contributed by atoms with E-state index in [0.29, 0.717) is 11.5 Å². The first-order valence-electron chi connectivity index (χ1n) is 19.9. The quantitative estimate of drug-likeness (QED) is 0.155. The molecule has 2 aromatic heterocycles. The molecule has 278 valence electrons. The van der Waals surface area contributed by atoms with E-state index in [2.05, 4.69) is 163 Å². The molecule has 59 heavy (non-hydrogen) atoms. The maximum absolute atomic E-state index is 6.85. The molecule has 0 aliphatic carbocycles. The number of aromatic nitrogens is 1. The molecule has 0 atom stereocenters. The fourth-order valence-electron chi connectivity index (χ4n) is 8.17. The first kappa shape index (κ1) is 34.3. The minimum Gasteiger partial charge on any atom is -0.456 e. The Morgan fingerprint density at radius 1 is 0.339 bits per heavy atom. The lowest BCUT2D eigenvalue weighted by atomic mass is 9.99. The molecule has 2 heterocycles. The molecule has 4 nitrogen and oxygen atoms in total. The van der Waals surface area contributed by atoms with E-state index in [-0.39, 0.29) is 0 Å². The maximum Gasteiger partial charge on any atom is 0.227 e. The minimum atomic E-state index is 0.556. The summed E-state index contributed by atoms with van der Waals surface area (Å²) in [5.41, 5.74) is 16.0. The zero-order chi connectivity index (χ0) is 39.1. The van der Waals surface area contributed by atoms with Crippen molar-refractivity contribution in [1.29, 1.82) is 0 Å². The van der Waals surface area contributed by atoms with Crippen LogP contribution in [0.2, 0.25) is 0 Å². The molecular formula is C55H36N2O2. The van der Waals surface area contributed by atoms with Gasteiger partial charge >= 0.3 is 0 Å². The molecular weight excluding hydrogens is 721 g/mol. The van der Waals surface area contributed by atoms with Gasteiger partial charge in [-0.05, 0) is 87.0 Å². The Bertz CT molecular complexity index is 3220. The van der Waals surface area contributed by atoms with E-state index in [1.54, 1.807) is 0 Å². The molecule has 9 aromatic carbocycles. The van der Waals surface area contributed by atoms with Gasteiger partial charge in [-0.3, -0.25) is 0 Å². The van der Waals surface area contributed by atoms with Crippen molar-refractivity contribution in [2.45, 2.75) is 0 Å². The summed E-state index contributed by atoms with van der Waals surface area (Å²) in [6.07, 6.45) is 0. The van der Waals surface area contributed by atoms with Crippen LogP contribution in [0.4, 0.5) is 17.1 Å². The van der Waals surface area contributed by atoms with Crippen molar-refractivity contribution >= 4 is 50.1 Å². The summed E-state index contributed by atoms with van der Waals surface area (Å²) >= 11 is 0. The summed E-state index contributed by atoms with van der Waals surface area (Å²) in [7, 11) is 0. The van der Waals surface area contributed by atoms with Crippen molar-refractivity contribution in [2.24, 2.45) is 0 Å². The summed E-state index contributed by atoms with van der Waals surface area (Å²) in [5, 5.41) is 1.96. The molecule has 0 fully saturated rings. The number of hydrogen-bond donors (Lipinski definition) is 0. The Morgan fingerprint density at radius 3 is 1.41 bits per heavy atom. The third kappa shape index (κ3) is 6.34. The lowest BCUT2D eigenvalue weighted by molar-refractivity contribution is 0.620. The fourth-order valence-corrected chi connectivity index (χ4v) is 8.17. The number of hydrogen-bond acceptors (Lipinski definition) is 4. The monoisotopic (exact) mass is 756 g/mol. The van der Waals surface area contributed by atoms with Crippen LogP contribution in [0.5, 0.6) is 0 Å². The smallest absolute Gasteiger partial charge is 0.227 e.